The molecule has 0 radical (unpaired) electrons. The van der Waals surface area contributed by atoms with Crippen molar-refractivity contribution in [2.24, 2.45) is 0 Å². The molecule has 0 spiro atoms. The van der Waals surface area contributed by atoms with Crippen LogP contribution in [0.4, 0.5) is 4.79 Å². The van der Waals surface area contributed by atoms with Crippen molar-refractivity contribution in [3.63, 3.8) is 0 Å². The van der Waals surface area contributed by atoms with Crippen molar-refractivity contribution in [3.8, 4) is 0 Å². The fraction of sp³-hybridized carbons (Fsp3) is 0.231. The number of thiophene rings is 1. The summed E-state index contributed by atoms with van der Waals surface area (Å²) >= 11 is 1.28. The lowest BCUT2D eigenvalue weighted by Crippen LogP contribution is -2.41. The van der Waals surface area contributed by atoms with E-state index in [9.17, 15) is 9.59 Å². The summed E-state index contributed by atoms with van der Waals surface area (Å²) in [5.41, 5.74) is 0. The van der Waals surface area contributed by atoms with E-state index in [1.54, 1.807) is 36.6 Å². The highest BCUT2D eigenvalue weighted by molar-refractivity contribution is 7.10. The minimum absolute atomic E-state index is 0.345. The fourth-order valence-corrected chi connectivity index (χ4v) is 2.46. The van der Waals surface area contributed by atoms with Crippen LogP contribution in [0.1, 0.15) is 29.6 Å². The van der Waals surface area contributed by atoms with E-state index in [-0.39, 0.29) is 6.04 Å². The third kappa shape index (κ3) is 3.39. The fourth-order valence-electron chi connectivity index (χ4n) is 1.69. The van der Waals surface area contributed by atoms with E-state index < -0.39 is 18.0 Å². The van der Waals surface area contributed by atoms with Crippen molar-refractivity contribution < 1.29 is 19.1 Å². The largest absolute Gasteiger partial charge is 0.479 e. The summed E-state index contributed by atoms with van der Waals surface area (Å²) in [4.78, 5) is 23.6. The quantitative estimate of drug-likeness (QED) is 0.790. The zero-order valence-corrected chi connectivity index (χ0v) is 11.5. The number of furan rings is 1. The van der Waals surface area contributed by atoms with Crippen molar-refractivity contribution in [1.82, 2.24) is 10.6 Å². The van der Waals surface area contributed by atoms with Gasteiger partial charge >= 0.3 is 12.0 Å². The van der Waals surface area contributed by atoms with E-state index in [0.29, 0.717) is 10.6 Å². The molecule has 2 amide bonds. The first-order valence-electron chi connectivity index (χ1n) is 5.94. The molecule has 3 N–H and O–H groups in total. The van der Waals surface area contributed by atoms with Gasteiger partial charge in [-0.1, -0.05) is 6.07 Å². The van der Waals surface area contributed by atoms with Gasteiger partial charge < -0.3 is 20.2 Å². The zero-order chi connectivity index (χ0) is 14.5. The molecule has 0 bridgehead atoms. The molecule has 0 aliphatic rings. The van der Waals surface area contributed by atoms with Gasteiger partial charge in [0.1, 0.15) is 5.76 Å². The van der Waals surface area contributed by atoms with Crippen molar-refractivity contribution in [1.29, 1.82) is 0 Å². The van der Waals surface area contributed by atoms with E-state index in [4.69, 9.17) is 9.52 Å². The summed E-state index contributed by atoms with van der Waals surface area (Å²) in [6.45, 7) is 1.75. The normalized spacial score (nSPS) is 13.4. The van der Waals surface area contributed by atoms with E-state index in [1.165, 1.54) is 17.6 Å². The number of nitrogens with one attached hydrogen (secondary N) is 2. The summed E-state index contributed by atoms with van der Waals surface area (Å²) in [6, 6.07) is 4.90. The van der Waals surface area contributed by atoms with Gasteiger partial charge in [0.25, 0.3) is 0 Å². The molecule has 20 heavy (non-hydrogen) atoms. The molecule has 0 aromatic carbocycles. The van der Waals surface area contributed by atoms with Crippen LogP contribution in [-0.2, 0) is 4.79 Å². The van der Waals surface area contributed by atoms with Crippen LogP contribution in [0.5, 0.6) is 0 Å². The molecule has 106 valence electrons. The number of aliphatic carboxylic acids is 1. The van der Waals surface area contributed by atoms with Gasteiger partial charge in [0.15, 0.2) is 6.04 Å². The van der Waals surface area contributed by atoms with Gasteiger partial charge in [-0.05, 0) is 30.5 Å². The topological polar surface area (TPSA) is 91.6 Å². The molecule has 0 saturated carbocycles. The summed E-state index contributed by atoms with van der Waals surface area (Å²) in [7, 11) is 0. The van der Waals surface area contributed by atoms with Crippen LogP contribution in [0.2, 0.25) is 0 Å². The Balaban J connectivity index is 1.97. The van der Waals surface area contributed by atoms with Gasteiger partial charge in [-0.25, -0.2) is 9.59 Å². The second kappa shape index (κ2) is 6.25. The van der Waals surface area contributed by atoms with Crippen LogP contribution < -0.4 is 10.6 Å². The molecule has 2 rings (SSSR count). The summed E-state index contributed by atoms with van der Waals surface area (Å²) in [5.74, 6) is -0.503. The van der Waals surface area contributed by atoms with Crippen LogP contribution in [-0.4, -0.2) is 17.1 Å². The molecule has 2 heterocycles. The molecule has 0 aliphatic heterocycles. The standard InChI is InChI=1S/C13H14N2O4S/c1-8(9-4-2-6-19-9)14-13(18)15-11(12(16)17)10-5-3-7-20-10/h2-8,11H,1H3,(H,16,17)(H2,14,15,18). The van der Waals surface area contributed by atoms with Crippen molar-refractivity contribution >= 4 is 23.3 Å². The van der Waals surface area contributed by atoms with Gasteiger partial charge in [-0.2, -0.15) is 0 Å². The van der Waals surface area contributed by atoms with E-state index in [0.717, 1.165) is 0 Å². The SMILES string of the molecule is CC(NC(=O)NC(C(=O)O)c1cccs1)c1ccco1. The molecular formula is C13H14N2O4S. The highest BCUT2D eigenvalue weighted by atomic mass is 32.1. The minimum atomic E-state index is -1.10. The minimum Gasteiger partial charge on any atom is -0.479 e. The summed E-state index contributed by atoms with van der Waals surface area (Å²) < 4.78 is 5.16. The first-order chi connectivity index (χ1) is 9.58. The number of carbonyl (C=O) groups is 2. The number of carboxylic acids is 1. The predicted octanol–water partition coefficient (Wildman–Crippen LogP) is 2.53. The number of hydrogen-bond donors (Lipinski definition) is 3. The smallest absolute Gasteiger partial charge is 0.331 e. The van der Waals surface area contributed by atoms with Crippen LogP contribution in [0.15, 0.2) is 40.3 Å². The Kier molecular flexibility index (Phi) is 4.41. The van der Waals surface area contributed by atoms with Crippen molar-refractivity contribution in [3.05, 3.63) is 46.5 Å². The average Bonchev–Trinajstić information content (AvgIpc) is 3.08. The van der Waals surface area contributed by atoms with E-state index in [1.807, 2.05) is 0 Å². The molecule has 6 nitrogen and oxygen atoms in total. The van der Waals surface area contributed by atoms with E-state index in [2.05, 4.69) is 10.6 Å². The number of carboxylic acid groups (broad SMARTS) is 1. The Hall–Kier alpha value is -2.28. The molecule has 0 aliphatic carbocycles. The molecule has 2 unspecified atom stereocenters. The first-order valence-corrected chi connectivity index (χ1v) is 6.82. The lowest BCUT2D eigenvalue weighted by molar-refractivity contribution is -0.139. The lowest BCUT2D eigenvalue weighted by atomic mass is 10.2. The zero-order valence-electron chi connectivity index (χ0n) is 10.7. The van der Waals surface area contributed by atoms with Gasteiger partial charge in [0, 0.05) is 4.88 Å². The molecule has 0 saturated heterocycles. The Labute approximate surface area is 119 Å². The first kappa shape index (κ1) is 14.1. The third-order valence-electron chi connectivity index (χ3n) is 2.67. The van der Waals surface area contributed by atoms with Crippen LogP contribution in [0.3, 0.4) is 0 Å². The molecule has 0 fully saturated rings. The van der Waals surface area contributed by atoms with Gasteiger partial charge in [0.05, 0.1) is 12.3 Å². The Morgan fingerprint density at radius 2 is 2.10 bits per heavy atom. The van der Waals surface area contributed by atoms with E-state index >= 15 is 0 Å². The molecule has 2 atom stereocenters. The summed E-state index contributed by atoms with van der Waals surface area (Å²) in [5, 5.41) is 16.0. The number of hydrogen-bond acceptors (Lipinski definition) is 4. The van der Waals surface area contributed by atoms with Gasteiger partial charge in [-0.15, -0.1) is 11.3 Å². The maximum absolute atomic E-state index is 11.8. The molecule has 2 aromatic heterocycles. The molecule has 2 aromatic rings. The van der Waals surface area contributed by atoms with Gasteiger partial charge in [-0.3, -0.25) is 0 Å². The van der Waals surface area contributed by atoms with Crippen molar-refractivity contribution in [2.45, 2.75) is 19.0 Å². The van der Waals surface area contributed by atoms with Crippen molar-refractivity contribution in [2.75, 3.05) is 0 Å². The second-order valence-electron chi connectivity index (χ2n) is 4.14. The number of rotatable bonds is 5. The number of urea groups is 1. The maximum atomic E-state index is 11.8. The van der Waals surface area contributed by atoms with Gasteiger partial charge in [0.2, 0.25) is 0 Å². The molecule has 7 heteroatoms. The maximum Gasteiger partial charge on any atom is 0.331 e. The average molecular weight is 294 g/mol. The van der Waals surface area contributed by atoms with Crippen LogP contribution >= 0.6 is 11.3 Å². The lowest BCUT2D eigenvalue weighted by Gasteiger charge is -2.16. The van der Waals surface area contributed by atoms with Crippen LogP contribution in [0.25, 0.3) is 0 Å². The highest BCUT2D eigenvalue weighted by Gasteiger charge is 2.23. The third-order valence-corrected chi connectivity index (χ3v) is 3.60. The Bertz CT molecular complexity index is 565. The van der Waals surface area contributed by atoms with Crippen LogP contribution in [0, 0.1) is 0 Å². The number of amides is 2. The summed E-state index contributed by atoms with van der Waals surface area (Å²) in [6.07, 6.45) is 1.51. The second-order valence-corrected chi connectivity index (χ2v) is 5.12. The molecular weight excluding hydrogens is 280 g/mol. The highest BCUT2D eigenvalue weighted by Crippen LogP contribution is 2.19. The Morgan fingerprint density at radius 3 is 2.65 bits per heavy atom. The number of carbonyl (C=O) groups excluding carboxylic acids is 1. The monoisotopic (exact) mass is 294 g/mol. The predicted molar refractivity (Wildman–Crippen MR) is 73.5 cm³/mol. The Morgan fingerprint density at radius 1 is 1.30 bits per heavy atom.